The molecule has 0 bridgehead atoms. The van der Waals surface area contributed by atoms with E-state index in [1.54, 1.807) is 6.92 Å². The van der Waals surface area contributed by atoms with Crippen molar-refractivity contribution in [3.8, 4) is 0 Å². The number of carbonyl (C=O) groups is 1. The molecular weight excluding hydrogens is 319 g/mol. The second kappa shape index (κ2) is 6.63. The van der Waals surface area contributed by atoms with Gasteiger partial charge in [-0.2, -0.15) is 0 Å². The summed E-state index contributed by atoms with van der Waals surface area (Å²) in [7, 11) is -5.24. The van der Waals surface area contributed by atoms with Gasteiger partial charge in [0.25, 0.3) is 5.91 Å². The third kappa shape index (κ3) is 4.58. The van der Waals surface area contributed by atoms with Crippen LogP contribution in [0.5, 0.6) is 0 Å². The van der Waals surface area contributed by atoms with Crippen molar-refractivity contribution in [3.05, 3.63) is 29.1 Å². The van der Waals surface area contributed by atoms with E-state index in [0.29, 0.717) is 0 Å². The zero-order chi connectivity index (χ0) is 16.4. The Kier molecular flexibility index (Phi) is 5.60. The van der Waals surface area contributed by atoms with Crippen LogP contribution in [0.2, 0.25) is 0 Å². The van der Waals surface area contributed by atoms with Gasteiger partial charge in [0.05, 0.1) is 4.90 Å². The molecule has 0 fully saturated rings. The molecule has 0 saturated carbocycles. The molecule has 1 aromatic rings. The summed E-state index contributed by atoms with van der Waals surface area (Å²) < 4.78 is 47.4. The molecule has 1 aromatic carbocycles. The topological polar surface area (TPSA) is 106 Å². The third-order valence-electron chi connectivity index (χ3n) is 2.99. The lowest BCUT2D eigenvalue weighted by atomic mass is 10.1. The fourth-order valence-electron chi connectivity index (χ4n) is 1.63. The normalized spacial score (nSPS) is 14.5. The Balaban J connectivity index is 3.11. The van der Waals surface area contributed by atoms with Crippen molar-refractivity contribution in [3.63, 3.8) is 0 Å². The highest BCUT2D eigenvalue weighted by atomic mass is 32.2. The number of carbonyl (C=O) groups excluding carboxylic acids is 1. The van der Waals surface area contributed by atoms with Crippen LogP contribution in [0.4, 0.5) is 4.39 Å². The van der Waals surface area contributed by atoms with Gasteiger partial charge in [0, 0.05) is 34.4 Å². The third-order valence-corrected chi connectivity index (χ3v) is 5.33. The number of sulfonamides is 1. The number of nitrogens with one attached hydrogen (secondary N) is 1. The van der Waals surface area contributed by atoms with Crippen LogP contribution in [-0.2, 0) is 20.8 Å². The van der Waals surface area contributed by atoms with E-state index < -0.39 is 37.4 Å². The highest BCUT2D eigenvalue weighted by Gasteiger charge is 2.20. The number of hydrogen-bond donors (Lipinski definition) is 2. The SMILES string of the molecule is Cc1c(C(=O)NCC(C)S(C)=O)cc(F)cc1S(N)(=O)=O. The predicted molar refractivity (Wildman–Crippen MR) is 78.4 cm³/mol. The largest absolute Gasteiger partial charge is 0.351 e. The van der Waals surface area contributed by atoms with Crippen LogP contribution in [0, 0.1) is 12.7 Å². The molecule has 1 rings (SSSR count). The molecule has 0 heterocycles. The van der Waals surface area contributed by atoms with E-state index in [2.05, 4.69) is 5.32 Å². The smallest absolute Gasteiger partial charge is 0.251 e. The number of amides is 1. The van der Waals surface area contributed by atoms with Crippen molar-refractivity contribution < 1.29 is 21.8 Å². The number of hydrogen-bond acceptors (Lipinski definition) is 4. The molecule has 2 unspecified atom stereocenters. The maximum Gasteiger partial charge on any atom is 0.251 e. The first-order chi connectivity index (χ1) is 9.54. The molecule has 1 amide bonds. The molecule has 9 heteroatoms. The van der Waals surface area contributed by atoms with Crippen molar-refractivity contribution in [1.82, 2.24) is 5.32 Å². The van der Waals surface area contributed by atoms with E-state index in [0.717, 1.165) is 12.1 Å². The molecule has 2 atom stereocenters. The minimum absolute atomic E-state index is 0.0710. The van der Waals surface area contributed by atoms with Gasteiger partial charge >= 0.3 is 0 Å². The molecule has 0 radical (unpaired) electrons. The molecule has 21 heavy (non-hydrogen) atoms. The minimum atomic E-state index is -4.13. The van der Waals surface area contributed by atoms with Crippen molar-refractivity contribution in [1.29, 1.82) is 0 Å². The average Bonchev–Trinajstić information content (AvgIpc) is 2.36. The lowest BCUT2D eigenvalue weighted by molar-refractivity contribution is 0.0952. The Morgan fingerprint density at radius 3 is 2.52 bits per heavy atom. The number of nitrogens with two attached hydrogens (primary N) is 1. The van der Waals surface area contributed by atoms with Gasteiger partial charge in [-0.15, -0.1) is 0 Å². The van der Waals surface area contributed by atoms with Gasteiger partial charge in [-0.05, 0) is 31.5 Å². The Morgan fingerprint density at radius 2 is 2.05 bits per heavy atom. The van der Waals surface area contributed by atoms with E-state index in [4.69, 9.17) is 5.14 Å². The van der Waals surface area contributed by atoms with Crippen molar-refractivity contribution in [2.24, 2.45) is 5.14 Å². The predicted octanol–water partition coefficient (Wildman–Crippen LogP) is 0.278. The first-order valence-corrected chi connectivity index (χ1v) is 9.14. The number of primary sulfonamides is 1. The molecule has 0 aliphatic carbocycles. The summed E-state index contributed by atoms with van der Waals surface area (Å²) in [5, 5.41) is 7.21. The van der Waals surface area contributed by atoms with Gasteiger partial charge in [-0.1, -0.05) is 0 Å². The lowest BCUT2D eigenvalue weighted by Crippen LogP contribution is -2.33. The number of halogens is 1. The summed E-state index contributed by atoms with van der Waals surface area (Å²) in [5.41, 5.74) is -0.0465. The second-order valence-electron chi connectivity index (χ2n) is 4.64. The van der Waals surface area contributed by atoms with Crippen LogP contribution in [0.3, 0.4) is 0 Å². The van der Waals surface area contributed by atoms with Crippen molar-refractivity contribution in [2.75, 3.05) is 12.8 Å². The maximum absolute atomic E-state index is 13.5. The Labute approximate surface area is 125 Å². The summed E-state index contributed by atoms with van der Waals surface area (Å²) >= 11 is 0. The zero-order valence-corrected chi connectivity index (χ0v) is 13.5. The van der Waals surface area contributed by atoms with Gasteiger partial charge in [-0.25, -0.2) is 17.9 Å². The Morgan fingerprint density at radius 1 is 1.48 bits per heavy atom. The van der Waals surface area contributed by atoms with Gasteiger partial charge in [-0.3, -0.25) is 9.00 Å². The fourth-order valence-corrected chi connectivity index (χ4v) is 2.77. The van der Waals surface area contributed by atoms with Gasteiger partial charge < -0.3 is 5.32 Å². The monoisotopic (exact) mass is 336 g/mol. The highest BCUT2D eigenvalue weighted by molar-refractivity contribution is 7.89. The first kappa shape index (κ1) is 17.7. The maximum atomic E-state index is 13.5. The summed E-state index contributed by atoms with van der Waals surface area (Å²) in [6.45, 7) is 3.18. The number of benzene rings is 1. The van der Waals surface area contributed by atoms with Crippen LogP contribution in [0.1, 0.15) is 22.8 Å². The fraction of sp³-hybridized carbons (Fsp3) is 0.417. The molecule has 0 spiro atoms. The zero-order valence-electron chi connectivity index (χ0n) is 11.8. The molecule has 0 saturated heterocycles. The summed E-state index contributed by atoms with van der Waals surface area (Å²) in [4.78, 5) is 11.6. The molecule has 3 N–H and O–H groups in total. The van der Waals surface area contributed by atoms with Crippen LogP contribution in [0.15, 0.2) is 17.0 Å². The van der Waals surface area contributed by atoms with Crippen LogP contribution < -0.4 is 10.5 Å². The van der Waals surface area contributed by atoms with Crippen molar-refractivity contribution in [2.45, 2.75) is 24.0 Å². The summed E-state index contributed by atoms with van der Waals surface area (Å²) in [5.74, 6) is -1.52. The van der Waals surface area contributed by atoms with Gasteiger partial charge in [0.2, 0.25) is 10.0 Å². The second-order valence-corrected chi connectivity index (χ2v) is 7.97. The first-order valence-electron chi connectivity index (χ1n) is 5.97. The molecule has 0 aromatic heterocycles. The Hall–Kier alpha value is -1.32. The molecule has 6 nitrogen and oxygen atoms in total. The van der Waals surface area contributed by atoms with Gasteiger partial charge in [0.1, 0.15) is 5.82 Å². The van der Waals surface area contributed by atoms with E-state index in [9.17, 15) is 21.8 Å². The molecule has 0 aliphatic rings. The standard InChI is InChI=1S/C12H17FN2O4S2/c1-7(20(3)17)6-15-12(16)10-4-9(13)5-11(8(10)2)21(14,18)19/h4-5,7H,6H2,1-3H3,(H,15,16)(H2,14,18,19). The molecule has 0 aliphatic heterocycles. The lowest BCUT2D eigenvalue weighted by Gasteiger charge is -2.13. The van der Waals surface area contributed by atoms with E-state index in [1.165, 1.54) is 13.2 Å². The van der Waals surface area contributed by atoms with Crippen LogP contribution >= 0.6 is 0 Å². The molecular formula is C12H17FN2O4S2. The van der Waals surface area contributed by atoms with Crippen LogP contribution in [0.25, 0.3) is 0 Å². The van der Waals surface area contributed by atoms with Gasteiger partial charge in [0.15, 0.2) is 0 Å². The average molecular weight is 336 g/mol. The highest BCUT2D eigenvalue weighted by Crippen LogP contribution is 2.20. The summed E-state index contributed by atoms with van der Waals surface area (Å²) in [6, 6.07) is 1.71. The quantitative estimate of drug-likeness (QED) is 0.805. The van der Waals surface area contributed by atoms with Crippen LogP contribution in [-0.4, -0.2) is 36.6 Å². The van der Waals surface area contributed by atoms with E-state index in [1.807, 2.05) is 0 Å². The Bertz CT molecular complexity index is 689. The minimum Gasteiger partial charge on any atom is -0.351 e. The molecule has 118 valence electrons. The van der Waals surface area contributed by atoms with E-state index >= 15 is 0 Å². The van der Waals surface area contributed by atoms with Crippen molar-refractivity contribution >= 4 is 26.7 Å². The van der Waals surface area contributed by atoms with E-state index in [-0.39, 0.29) is 22.9 Å². The number of rotatable bonds is 5. The summed E-state index contributed by atoms with van der Waals surface area (Å²) in [6.07, 6.45) is 1.50.